The van der Waals surface area contributed by atoms with Crippen LogP contribution in [0.15, 0.2) is 11.2 Å². The minimum absolute atomic E-state index is 0.0115. The molecular weight excluding hydrogens is 296 g/mol. The highest BCUT2D eigenvalue weighted by atomic mass is 32.2. The first-order valence-electron chi connectivity index (χ1n) is 6.73. The molecule has 1 aromatic heterocycles. The van der Waals surface area contributed by atoms with Crippen molar-refractivity contribution >= 4 is 15.9 Å². The van der Waals surface area contributed by atoms with Crippen LogP contribution in [0.5, 0.6) is 0 Å². The first-order valence-corrected chi connectivity index (χ1v) is 8.17. The number of methoxy groups -OCH3 is 1. The number of carbonyl (C=O) groups excluding carboxylic acids is 1. The number of H-pyrrole nitrogens is 1. The maximum atomic E-state index is 12.4. The summed E-state index contributed by atoms with van der Waals surface area (Å²) in [5.74, 6) is 0.387. The van der Waals surface area contributed by atoms with Gasteiger partial charge < -0.3 is 15.0 Å². The summed E-state index contributed by atoms with van der Waals surface area (Å²) < 4.78 is 30.9. The van der Waals surface area contributed by atoms with Gasteiger partial charge in [-0.1, -0.05) is 0 Å². The highest BCUT2D eigenvalue weighted by molar-refractivity contribution is 7.89. The fourth-order valence-electron chi connectivity index (χ4n) is 2.31. The number of amides is 1. The van der Waals surface area contributed by atoms with Crippen LogP contribution in [0.3, 0.4) is 0 Å². The van der Waals surface area contributed by atoms with Crippen molar-refractivity contribution in [3.8, 4) is 0 Å². The van der Waals surface area contributed by atoms with Gasteiger partial charge in [-0.25, -0.2) is 13.4 Å². The number of aromatic amines is 1. The summed E-state index contributed by atoms with van der Waals surface area (Å²) >= 11 is 0. The monoisotopic (exact) mass is 316 g/mol. The molecule has 21 heavy (non-hydrogen) atoms. The molecule has 0 unspecified atom stereocenters. The largest absolute Gasteiger partial charge is 0.375 e. The Balaban J connectivity index is 1.93. The lowest BCUT2D eigenvalue weighted by Crippen LogP contribution is -2.47. The Morgan fingerprint density at radius 2 is 2.19 bits per heavy atom. The van der Waals surface area contributed by atoms with Crippen LogP contribution in [0, 0.1) is 6.92 Å². The van der Waals surface area contributed by atoms with Gasteiger partial charge in [0.1, 0.15) is 12.4 Å². The number of aryl methyl sites for hydroxylation is 1. The van der Waals surface area contributed by atoms with Gasteiger partial charge in [-0.2, -0.15) is 4.31 Å². The van der Waals surface area contributed by atoms with E-state index in [1.54, 1.807) is 6.92 Å². The topological polar surface area (TPSA) is 104 Å². The van der Waals surface area contributed by atoms with E-state index in [9.17, 15) is 13.2 Å². The first-order chi connectivity index (χ1) is 9.93. The molecule has 1 aromatic rings. The van der Waals surface area contributed by atoms with Crippen molar-refractivity contribution in [3.05, 3.63) is 12.0 Å². The van der Waals surface area contributed by atoms with Crippen LogP contribution in [0.1, 0.15) is 18.7 Å². The molecular formula is C12H20N4O4S. The Morgan fingerprint density at radius 3 is 2.71 bits per heavy atom. The summed E-state index contributed by atoms with van der Waals surface area (Å²) in [5.41, 5.74) is 0. The van der Waals surface area contributed by atoms with Gasteiger partial charge in [0.15, 0.2) is 5.03 Å². The predicted octanol–water partition coefficient (Wildman–Crippen LogP) is -0.366. The SMILES string of the molecule is COCC(=O)NC1CCN(S(=O)(=O)c2cnc(C)[nH]2)CC1. The summed E-state index contributed by atoms with van der Waals surface area (Å²) in [6.45, 7) is 2.47. The average molecular weight is 316 g/mol. The van der Waals surface area contributed by atoms with Crippen molar-refractivity contribution in [2.75, 3.05) is 26.8 Å². The number of ether oxygens (including phenoxy) is 1. The second kappa shape index (κ2) is 6.54. The van der Waals surface area contributed by atoms with E-state index in [1.165, 1.54) is 17.6 Å². The third-order valence-corrected chi connectivity index (χ3v) is 5.20. The Labute approximate surface area is 123 Å². The maximum Gasteiger partial charge on any atom is 0.260 e. The third kappa shape index (κ3) is 3.80. The highest BCUT2D eigenvalue weighted by Crippen LogP contribution is 2.19. The van der Waals surface area contributed by atoms with Gasteiger partial charge in [0.05, 0.1) is 6.20 Å². The molecule has 0 bridgehead atoms. The predicted molar refractivity (Wildman–Crippen MR) is 75.1 cm³/mol. The van der Waals surface area contributed by atoms with E-state index in [0.29, 0.717) is 31.8 Å². The van der Waals surface area contributed by atoms with Crippen LogP contribution in [-0.2, 0) is 19.6 Å². The molecule has 0 aliphatic carbocycles. The molecule has 1 aliphatic rings. The van der Waals surface area contributed by atoms with Gasteiger partial charge in [-0.3, -0.25) is 4.79 Å². The smallest absolute Gasteiger partial charge is 0.260 e. The molecule has 2 rings (SSSR count). The number of rotatable bonds is 5. The van der Waals surface area contributed by atoms with Crippen molar-refractivity contribution < 1.29 is 17.9 Å². The van der Waals surface area contributed by atoms with Crippen LogP contribution in [-0.4, -0.2) is 61.4 Å². The van der Waals surface area contributed by atoms with Crippen molar-refractivity contribution in [3.63, 3.8) is 0 Å². The third-order valence-electron chi connectivity index (χ3n) is 3.39. The molecule has 2 N–H and O–H groups in total. The van der Waals surface area contributed by atoms with Crippen molar-refractivity contribution in [1.29, 1.82) is 0 Å². The van der Waals surface area contributed by atoms with E-state index < -0.39 is 10.0 Å². The molecule has 0 radical (unpaired) electrons. The highest BCUT2D eigenvalue weighted by Gasteiger charge is 2.30. The molecule has 2 heterocycles. The maximum absolute atomic E-state index is 12.4. The van der Waals surface area contributed by atoms with Gasteiger partial charge in [-0.05, 0) is 19.8 Å². The Morgan fingerprint density at radius 1 is 1.52 bits per heavy atom. The second-order valence-electron chi connectivity index (χ2n) is 5.01. The lowest BCUT2D eigenvalue weighted by atomic mass is 10.1. The summed E-state index contributed by atoms with van der Waals surface area (Å²) in [6, 6.07) is -0.0115. The average Bonchev–Trinajstić information content (AvgIpc) is 2.87. The van der Waals surface area contributed by atoms with Crippen LogP contribution < -0.4 is 5.32 Å². The van der Waals surface area contributed by atoms with E-state index in [4.69, 9.17) is 4.74 Å². The number of piperidine rings is 1. The van der Waals surface area contributed by atoms with Crippen LogP contribution in [0.2, 0.25) is 0 Å². The standard InChI is InChI=1S/C12H20N4O4S/c1-9-13-7-12(14-9)21(18,19)16-5-3-10(4-6-16)15-11(17)8-20-2/h7,10H,3-6,8H2,1-2H3,(H,13,14)(H,15,17). The van der Waals surface area contributed by atoms with Gasteiger partial charge in [0, 0.05) is 26.2 Å². The lowest BCUT2D eigenvalue weighted by molar-refractivity contribution is -0.125. The zero-order valence-electron chi connectivity index (χ0n) is 12.1. The normalized spacial score (nSPS) is 17.8. The molecule has 1 aliphatic heterocycles. The lowest BCUT2D eigenvalue weighted by Gasteiger charge is -2.31. The zero-order chi connectivity index (χ0) is 15.5. The number of aromatic nitrogens is 2. The molecule has 118 valence electrons. The van der Waals surface area contributed by atoms with Gasteiger partial charge in [0.25, 0.3) is 10.0 Å². The van der Waals surface area contributed by atoms with E-state index in [-0.39, 0.29) is 23.6 Å². The van der Waals surface area contributed by atoms with Gasteiger partial charge >= 0.3 is 0 Å². The fraction of sp³-hybridized carbons (Fsp3) is 0.667. The summed E-state index contributed by atoms with van der Waals surface area (Å²) in [5, 5.41) is 2.94. The summed E-state index contributed by atoms with van der Waals surface area (Å²) in [4.78, 5) is 18.1. The Hall–Kier alpha value is -1.45. The number of hydrogen-bond acceptors (Lipinski definition) is 5. The van der Waals surface area contributed by atoms with Crippen LogP contribution >= 0.6 is 0 Å². The minimum Gasteiger partial charge on any atom is -0.375 e. The van der Waals surface area contributed by atoms with Crippen molar-refractivity contribution in [2.24, 2.45) is 0 Å². The number of carbonyl (C=O) groups is 1. The number of hydrogen-bond donors (Lipinski definition) is 2. The Bertz CT molecular complexity index is 590. The van der Waals surface area contributed by atoms with E-state index in [1.807, 2.05) is 0 Å². The number of nitrogens with zero attached hydrogens (tertiary/aromatic N) is 2. The summed E-state index contributed by atoms with van der Waals surface area (Å²) in [7, 11) is -2.07. The second-order valence-corrected chi connectivity index (χ2v) is 6.92. The number of nitrogens with one attached hydrogen (secondary N) is 2. The summed E-state index contributed by atoms with van der Waals surface area (Å²) in [6.07, 6.45) is 2.50. The van der Waals surface area contributed by atoms with Crippen molar-refractivity contribution in [1.82, 2.24) is 19.6 Å². The van der Waals surface area contributed by atoms with E-state index >= 15 is 0 Å². The number of sulfonamides is 1. The molecule has 8 nitrogen and oxygen atoms in total. The first kappa shape index (κ1) is 15.9. The quantitative estimate of drug-likeness (QED) is 0.771. The molecule has 0 aromatic carbocycles. The van der Waals surface area contributed by atoms with Crippen molar-refractivity contribution in [2.45, 2.75) is 30.8 Å². The molecule has 0 atom stereocenters. The van der Waals surface area contributed by atoms with Crippen LogP contribution in [0.4, 0.5) is 0 Å². The molecule has 1 fully saturated rings. The molecule has 1 amide bonds. The molecule has 9 heteroatoms. The number of imidazole rings is 1. The van der Waals surface area contributed by atoms with Gasteiger partial charge in [0.2, 0.25) is 5.91 Å². The van der Waals surface area contributed by atoms with E-state index in [2.05, 4.69) is 15.3 Å². The van der Waals surface area contributed by atoms with Crippen LogP contribution in [0.25, 0.3) is 0 Å². The molecule has 1 saturated heterocycles. The van der Waals surface area contributed by atoms with Gasteiger partial charge in [-0.15, -0.1) is 0 Å². The Kier molecular flexibility index (Phi) is 4.96. The molecule has 0 saturated carbocycles. The van der Waals surface area contributed by atoms with E-state index in [0.717, 1.165) is 0 Å². The molecule has 0 spiro atoms. The zero-order valence-corrected chi connectivity index (χ0v) is 12.9. The fourth-order valence-corrected chi connectivity index (χ4v) is 3.74. The minimum atomic E-state index is -3.53.